The molecule has 4 aliphatic rings. The summed E-state index contributed by atoms with van der Waals surface area (Å²) in [5.41, 5.74) is 2.14. The summed E-state index contributed by atoms with van der Waals surface area (Å²) in [7, 11) is 0. The monoisotopic (exact) mass is 512 g/mol. The van der Waals surface area contributed by atoms with Crippen LogP contribution in [0.25, 0.3) is 0 Å². The van der Waals surface area contributed by atoms with Gasteiger partial charge < -0.3 is 15.4 Å². The molecule has 2 aromatic carbocycles. The highest BCUT2D eigenvalue weighted by Crippen LogP contribution is 2.64. The molecule has 0 aromatic heterocycles. The molecule has 0 saturated heterocycles. The van der Waals surface area contributed by atoms with Crippen LogP contribution in [-0.2, 0) is 11.4 Å². The van der Waals surface area contributed by atoms with Crippen molar-refractivity contribution in [2.24, 2.45) is 34.5 Å². The molecule has 2 amide bonds. The zero-order valence-electron chi connectivity index (χ0n) is 22.6. The average molecular weight is 513 g/mol. The van der Waals surface area contributed by atoms with Crippen LogP contribution in [0.2, 0.25) is 0 Å². The maximum atomic E-state index is 13.0. The molecule has 3 fully saturated rings. The average Bonchev–Trinajstić information content (AvgIpc) is 3.28. The van der Waals surface area contributed by atoms with Gasteiger partial charge in [0.25, 0.3) is 5.91 Å². The molecule has 1 heterocycles. The molecule has 6 rings (SSSR count). The van der Waals surface area contributed by atoms with Crippen molar-refractivity contribution in [1.82, 2.24) is 10.6 Å². The van der Waals surface area contributed by atoms with Crippen LogP contribution < -0.4 is 15.4 Å². The highest BCUT2D eigenvalue weighted by molar-refractivity contribution is 5.94. The fraction of sp³-hybridized carbons (Fsp3) is 0.515. The van der Waals surface area contributed by atoms with Crippen molar-refractivity contribution >= 4 is 11.8 Å². The lowest BCUT2D eigenvalue weighted by Crippen LogP contribution is -2.59. The van der Waals surface area contributed by atoms with Gasteiger partial charge in [0.1, 0.15) is 12.4 Å². The van der Waals surface area contributed by atoms with Crippen molar-refractivity contribution in [3.05, 3.63) is 77.9 Å². The second-order valence-corrected chi connectivity index (χ2v) is 12.5. The molecule has 3 aliphatic carbocycles. The third kappa shape index (κ3) is 4.44. The van der Waals surface area contributed by atoms with Gasteiger partial charge in [-0.25, -0.2) is 0 Å². The Morgan fingerprint density at radius 1 is 0.974 bits per heavy atom. The van der Waals surface area contributed by atoms with Crippen LogP contribution in [0.1, 0.15) is 68.3 Å². The van der Waals surface area contributed by atoms with E-state index in [-0.39, 0.29) is 28.7 Å². The van der Waals surface area contributed by atoms with E-state index < -0.39 is 0 Å². The number of amides is 2. The van der Waals surface area contributed by atoms with Crippen molar-refractivity contribution in [2.75, 3.05) is 6.54 Å². The van der Waals surface area contributed by atoms with Gasteiger partial charge in [-0.05, 0) is 104 Å². The van der Waals surface area contributed by atoms with E-state index in [9.17, 15) is 9.59 Å². The minimum Gasteiger partial charge on any atom is -0.489 e. The minimum absolute atomic E-state index is 0.00329. The lowest BCUT2D eigenvalue weighted by atomic mass is 9.48. The first kappa shape index (κ1) is 25.2. The van der Waals surface area contributed by atoms with Crippen molar-refractivity contribution in [2.45, 2.75) is 65.0 Å². The molecular formula is C33H40N2O3. The van der Waals surface area contributed by atoms with Gasteiger partial charge >= 0.3 is 0 Å². The van der Waals surface area contributed by atoms with E-state index >= 15 is 0 Å². The Bertz CT molecular complexity index is 1210. The number of fused-ring (bicyclic) bond motifs is 5. The lowest BCUT2D eigenvalue weighted by Gasteiger charge is -2.59. The first-order valence-electron chi connectivity index (χ1n) is 14.4. The van der Waals surface area contributed by atoms with Gasteiger partial charge in [0.05, 0.1) is 0 Å². The Labute approximate surface area is 226 Å². The first-order chi connectivity index (χ1) is 18.4. The van der Waals surface area contributed by atoms with Crippen LogP contribution >= 0.6 is 0 Å². The van der Waals surface area contributed by atoms with Crippen molar-refractivity contribution < 1.29 is 14.3 Å². The van der Waals surface area contributed by atoms with E-state index in [4.69, 9.17) is 4.74 Å². The van der Waals surface area contributed by atoms with E-state index in [0.717, 1.165) is 24.3 Å². The summed E-state index contributed by atoms with van der Waals surface area (Å²) >= 11 is 0. The summed E-state index contributed by atoms with van der Waals surface area (Å²) in [6, 6.07) is 17.8. The smallest absolute Gasteiger partial charge is 0.251 e. The summed E-state index contributed by atoms with van der Waals surface area (Å²) in [5.74, 6) is 3.38. The fourth-order valence-electron chi connectivity index (χ4n) is 8.54. The molecule has 0 bridgehead atoms. The summed E-state index contributed by atoms with van der Waals surface area (Å²) < 4.78 is 5.87. The largest absolute Gasteiger partial charge is 0.489 e. The fourth-order valence-corrected chi connectivity index (χ4v) is 8.54. The summed E-state index contributed by atoms with van der Waals surface area (Å²) in [5, 5.41) is 6.52. The van der Waals surface area contributed by atoms with Crippen LogP contribution in [0, 0.1) is 34.5 Å². The second kappa shape index (κ2) is 9.91. The van der Waals surface area contributed by atoms with Gasteiger partial charge in [0.2, 0.25) is 5.91 Å². The molecule has 0 spiro atoms. The Morgan fingerprint density at radius 3 is 2.55 bits per heavy atom. The third-order valence-electron chi connectivity index (χ3n) is 10.8. The maximum absolute atomic E-state index is 13.0. The molecule has 0 radical (unpaired) electrons. The van der Waals surface area contributed by atoms with Gasteiger partial charge in [-0.1, -0.05) is 50.3 Å². The number of rotatable bonds is 6. The molecule has 200 valence electrons. The Hall–Kier alpha value is -3.08. The Balaban J connectivity index is 1.06. The number of carbonyl (C=O) groups is 2. The third-order valence-corrected chi connectivity index (χ3v) is 10.8. The predicted molar refractivity (Wildman–Crippen MR) is 148 cm³/mol. The maximum Gasteiger partial charge on any atom is 0.251 e. The quantitative estimate of drug-likeness (QED) is 0.506. The summed E-state index contributed by atoms with van der Waals surface area (Å²) in [6.45, 7) is 6.12. The number of nitrogens with one attached hydrogen (secondary N) is 2. The van der Waals surface area contributed by atoms with Crippen molar-refractivity contribution in [1.29, 1.82) is 0 Å². The summed E-state index contributed by atoms with van der Waals surface area (Å²) in [4.78, 5) is 25.0. The first-order valence-corrected chi connectivity index (χ1v) is 14.4. The molecule has 1 unspecified atom stereocenters. The molecule has 2 aromatic rings. The van der Waals surface area contributed by atoms with E-state index in [1.807, 2.05) is 54.6 Å². The zero-order chi connectivity index (χ0) is 26.3. The Kier molecular flexibility index (Phi) is 6.57. The molecule has 5 nitrogen and oxygen atoms in total. The molecule has 1 aliphatic heterocycles. The summed E-state index contributed by atoms with van der Waals surface area (Å²) in [6.07, 6.45) is 11.1. The number of hydrogen-bond acceptors (Lipinski definition) is 3. The van der Waals surface area contributed by atoms with Gasteiger partial charge in [0, 0.05) is 23.6 Å². The number of carbonyl (C=O) groups excluding carboxylic acids is 2. The van der Waals surface area contributed by atoms with E-state index in [0.29, 0.717) is 35.8 Å². The van der Waals surface area contributed by atoms with Gasteiger partial charge in [-0.2, -0.15) is 0 Å². The minimum atomic E-state index is -0.00329. The van der Waals surface area contributed by atoms with Gasteiger partial charge in [-0.3, -0.25) is 9.59 Å². The lowest BCUT2D eigenvalue weighted by molar-refractivity contribution is -0.122. The van der Waals surface area contributed by atoms with Gasteiger partial charge in [0.15, 0.2) is 0 Å². The highest BCUT2D eigenvalue weighted by atomic mass is 16.5. The zero-order valence-corrected chi connectivity index (χ0v) is 22.6. The standard InChI is InChI=1S/C33H40N2O3/c1-32-18-16-28-26(13-15-29-33(28,2)19-17-30(36)35-29)27(32)14-10-24(32)20-34-31(37)23-8-11-25(12-9-23)38-21-22-6-4-3-5-7-22/h3-9,11-12,17,19,24,26-29H,10,13-16,18,20-21H2,1-2H3,(H,34,37)(H,35,36)/t24?,26-,27-,28-,29+,32+,33+/m0/s1. The van der Waals surface area contributed by atoms with E-state index in [1.54, 1.807) is 6.08 Å². The number of ether oxygens (including phenoxy) is 1. The predicted octanol–water partition coefficient (Wildman–Crippen LogP) is 5.91. The molecular weight excluding hydrogens is 472 g/mol. The molecule has 7 atom stereocenters. The van der Waals surface area contributed by atoms with Gasteiger partial charge in [-0.15, -0.1) is 0 Å². The molecule has 2 N–H and O–H groups in total. The van der Waals surface area contributed by atoms with Crippen LogP contribution in [-0.4, -0.2) is 24.4 Å². The number of hydrogen-bond donors (Lipinski definition) is 2. The topological polar surface area (TPSA) is 67.4 Å². The second-order valence-electron chi connectivity index (χ2n) is 12.5. The highest BCUT2D eigenvalue weighted by Gasteiger charge is 2.59. The van der Waals surface area contributed by atoms with Crippen molar-refractivity contribution in [3.8, 4) is 5.75 Å². The van der Waals surface area contributed by atoms with Crippen LogP contribution in [0.3, 0.4) is 0 Å². The van der Waals surface area contributed by atoms with E-state index in [2.05, 4.69) is 30.6 Å². The normalized spacial score (nSPS) is 35.4. The van der Waals surface area contributed by atoms with Crippen LogP contribution in [0.5, 0.6) is 5.75 Å². The SMILES string of the molecule is C[C@]12C=CC(=O)N[C@@H]1CC[C@@H]1[C@@H]2CC[C@]2(C)C(CNC(=O)c3ccc(OCc4ccccc4)cc3)CC[C@@H]12. The van der Waals surface area contributed by atoms with Crippen LogP contribution in [0.4, 0.5) is 0 Å². The molecule has 3 saturated carbocycles. The van der Waals surface area contributed by atoms with Crippen molar-refractivity contribution in [3.63, 3.8) is 0 Å². The Morgan fingerprint density at radius 2 is 1.76 bits per heavy atom. The molecule has 38 heavy (non-hydrogen) atoms. The van der Waals surface area contributed by atoms with Crippen LogP contribution in [0.15, 0.2) is 66.7 Å². The molecule has 5 heteroatoms. The van der Waals surface area contributed by atoms with E-state index in [1.165, 1.54) is 32.1 Å². The number of benzene rings is 2.